The Balaban J connectivity index is 1.31. The molecule has 2 aromatic rings. The van der Waals surface area contributed by atoms with E-state index in [9.17, 15) is 4.79 Å². The van der Waals surface area contributed by atoms with E-state index in [0.29, 0.717) is 5.69 Å². The Labute approximate surface area is 167 Å². The minimum absolute atomic E-state index is 0.0237. The molecule has 1 amide bonds. The molecule has 148 valence electrons. The van der Waals surface area contributed by atoms with E-state index in [-0.39, 0.29) is 5.91 Å². The minimum atomic E-state index is 0.0237. The largest absolute Gasteiger partial charge is 0.353 e. The number of rotatable bonds is 5. The van der Waals surface area contributed by atoms with Gasteiger partial charge >= 0.3 is 0 Å². The number of benzene rings is 1. The van der Waals surface area contributed by atoms with Crippen LogP contribution in [0.5, 0.6) is 0 Å². The predicted molar refractivity (Wildman–Crippen MR) is 111 cm³/mol. The van der Waals surface area contributed by atoms with Crippen LogP contribution in [0.15, 0.2) is 42.7 Å². The lowest BCUT2D eigenvalue weighted by Gasteiger charge is -2.35. The lowest BCUT2D eigenvalue weighted by molar-refractivity contribution is 0.0718. The highest BCUT2D eigenvalue weighted by Crippen LogP contribution is 2.16. The van der Waals surface area contributed by atoms with Gasteiger partial charge in [-0.05, 0) is 31.2 Å². The van der Waals surface area contributed by atoms with Gasteiger partial charge in [0, 0.05) is 45.8 Å². The number of piperidine rings is 1. The van der Waals surface area contributed by atoms with Gasteiger partial charge in [-0.2, -0.15) is 0 Å². The first kappa shape index (κ1) is 18.9. The number of aromatic nitrogens is 2. The number of piperazine rings is 1. The third-order valence-corrected chi connectivity index (χ3v) is 5.74. The number of hydrogen-bond acceptors (Lipinski definition) is 5. The highest BCUT2D eigenvalue weighted by atomic mass is 16.2. The first-order chi connectivity index (χ1) is 13.8. The summed E-state index contributed by atoms with van der Waals surface area (Å²) in [7, 11) is 0. The first-order valence-electron chi connectivity index (χ1n) is 10.4. The van der Waals surface area contributed by atoms with Crippen molar-refractivity contribution in [3.05, 3.63) is 54.0 Å². The van der Waals surface area contributed by atoms with Crippen molar-refractivity contribution < 1.29 is 4.79 Å². The van der Waals surface area contributed by atoms with Crippen LogP contribution in [0.1, 0.15) is 35.3 Å². The Hall–Kier alpha value is -2.47. The summed E-state index contributed by atoms with van der Waals surface area (Å²) in [5, 5.41) is 0. The van der Waals surface area contributed by atoms with Crippen LogP contribution < -0.4 is 4.90 Å². The van der Waals surface area contributed by atoms with Gasteiger partial charge in [0.2, 0.25) is 0 Å². The van der Waals surface area contributed by atoms with Crippen molar-refractivity contribution in [1.82, 2.24) is 19.8 Å². The molecule has 2 aliphatic heterocycles. The maximum Gasteiger partial charge on any atom is 0.274 e. The number of amides is 1. The maximum absolute atomic E-state index is 12.7. The zero-order chi connectivity index (χ0) is 19.2. The SMILES string of the molecule is O=C(c1cncc(N2CCN(CCc3ccccc3)CC2)n1)N1CCCCC1. The highest BCUT2D eigenvalue weighted by molar-refractivity contribution is 5.92. The molecule has 4 rings (SSSR count). The van der Waals surface area contributed by atoms with E-state index in [2.05, 4.69) is 50.1 Å². The van der Waals surface area contributed by atoms with Gasteiger partial charge in [0.15, 0.2) is 0 Å². The fourth-order valence-corrected chi connectivity index (χ4v) is 4.00. The molecule has 0 aliphatic carbocycles. The number of hydrogen-bond donors (Lipinski definition) is 0. The summed E-state index contributed by atoms with van der Waals surface area (Å²) in [4.78, 5) is 28.3. The highest BCUT2D eigenvalue weighted by Gasteiger charge is 2.22. The molecule has 1 aromatic heterocycles. The summed E-state index contributed by atoms with van der Waals surface area (Å²) in [6.07, 6.45) is 7.86. The number of likely N-dealkylation sites (tertiary alicyclic amines) is 1. The topological polar surface area (TPSA) is 52.6 Å². The van der Waals surface area contributed by atoms with Crippen molar-refractivity contribution >= 4 is 11.7 Å². The molecule has 0 saturated carbocycles. The molecule has 2 aliphatic rings. The normalized spacial score (nSPS) is 18.3. The molecule has 0 radical (unpaired) electrons. The molecule has 0 atom stereocenters. The Morgan fingerprint density at radius 3 is 2.39 bits per heavy atom. The summed E-state index contributed by atoms with van der Waals surface area (Å²) in [5.41, 5.74) is 1.87. The molecule has 6 nitrogen and oxygen atoms in total. The third-order valence-electron chi connectivity index (χ3n) is 5.74. The Bertz CT molecular complexity index is 768. The monoisotopic (exact) mass is 379 g/mol. The summed E-state index contributed by atoms with van der Waals surface area (Å²) >= 11 is 0. The average Bonchev–Trinajstić information content (AvgIpc) is 2.79. The molecule has 2 fully saturated rings. The van der Waals surface area contributed by atoms with Crippen LogP contribution in [-0.4, -0.2) is 71.5 Å². The van der Waals surface area contributed by atoms with Crippen LogP contribution in [0.3, 0.4) is 0 Å². The quantitative estimate of drug-likeness (QED) is 0.799. The molecule has 0 unspecified atom stereocenters. The van der Waals surface area contributed by atoms with E-state index < -0.39 is 0 Å². The van der Waals surface area contributed by atoms with Gasteiger partial charge in [0.1, 0.15) is 11.5 Å². The smallest absolute Gasteiger partial charge is 0.274 e. The van der Waals surface area contributed by atoms with Gasteiger partial charge in [0.05, 0.1) is 12.4 Å². The van der Waals surface area contributed by atoms with Crippen LogP contribution in [-0.2, 0) is 6.42 Å². The molecule has 0 bridgehead atoms. The van der Waals surface area contributed by atoms with Gasteiger partial charge in [-0.1, -0.05) is 30.3 Å². The first-order valence-corrected chi connectivity index (χ1v) is 10.4. The fraction of sp³-hybridized carbons (Fsp3) is 0.500. The average molecular weight is 380 g/mol. The second-order valence-electron chi connectivity index (χ2n) is 7.68. The van der Waals surface area contributed by atoms with Gasteiger partial charge in [-0.15, -0.1) is 0 Å². The van der Waals surface area contributed by atoms with Crippen molar-refractivity contribution in [2.45, 2.75) is 25.7 Å². The molecule has 0 spiro atoms. The van der Waals surface area contributed by atoms with Crippen LogP contribution in [0.25, 0.3) is 0 Å². The van der Waals surface area contributed by atoms with E-state index >= 15 is 0 Å². The Morgan fingerprint density at radius 1 is 0.893 bits per heavy atom. The molecule has 28 heavy (non-hydrogen) atoms. The molecule has 2 saturated heterocycles. The van der Waals surface area contributed by atoms with Crippen LogP contribution in [0.2, 0.25) is 0 Å². The molecule has 0 N–H and O–H groups in total. The Kier molecular flexibility index (Phi) is 6.17. The lowest BCUT2D eigenvalue weighted by atomic mass is 10.1. The molecular formula is C22H29N5O. The minimum Gasteiger partial charge on any atom is -0.353 e. The van der Waals surface area contributed by atoms with Crippen molar-refractivity contribution in [2.24, 2.45) is 0 Å². The summed E-state index contributed by atoms with van der Waals surface area (Å²) < 4.78 is 0. The predicted octanol–water partition coefficient (Wildman–Crippen LogP) is 2.47. The van der Waals surface area contributed by atoms with Crippen LogP contribution >= 0.6 is 0 Å². The molecular weight excluding hydrogens is 350 g/mol. The summed E-state index contributed by atoms with van der Waals surface area (Å²) in [5.74, 6) is 0.848. The second kappa shape index (κ2) is 9.15. The zero-order valence-electron chi connectivity index (χ0n) is 16.5. The fourth-order valence-electron chi connectivity index (χ4n) is 4.00. The van der Waals surface area contributed by atoms with Gasteiger partial charge < -0.3 is 9.80 Å². The van der Waals surface area contributed by atoms with Crippen molar-refractivity contribution in [3.63, 3.8) is 0 Å². The van der Waals surface area contributed by atoms with E-state index in [1.165, 1.54) is 12.0 Å². The van der Waals surface area contributed by atoms with Crippen molar-refractivity contribution in [3.8, 4) is 0 Å². The van der Waals surface area contributed by atoms with E-state index in [1.54, 1.807) is 12.4 Å². The van der Waals surface area contributed by atoms with Gasteiger partial charge in [-0.3, -0.25) is 14.7 Å². The summed E-state index contributed by atoms with van der Waals surface area (Å²) in [6, 6.07) is 10.6. The number of carbonyl (C=O) groups is 1. The number of anilines is 1. The molecule has 1 aromatic carbocycles. The van der Waals surface area contributed by atoms with Crippen molar-refractivity contribution in [1.29, 1.82) is 0 Å². The zero-order valence-corrected chi connectivity index (χ0v) is 16.5. The van der Waals surface area contributed by atoms with Crippen LogP contribution in [0.4, 0.5) is 5.82 Å². The molecule has 6 heteroatoms. The van der Waals surface area contributed by atoms with E-state index in [0.717, 1.165) is 70.9 Å². The van der Waals surface area contributed by atoms with Gasteiger partial charge in [0.25, 0.3) is 5.91 Å². The molecule has 3 heterocycles. The Morgan fingerprint density at radius 2 is 1.64 bits per heavy atom. The summed E-state index contributed by atoms with van der Waals surface area (Å²) in [6.45, 7) is 6.62. The third kappa shape index (κ3) is 4.68. The van der Waals surface area contributed by atoms with Crippen molar-refractivity contribution in [2.75, 3.05) is 50.7 Å². The standard InChI is InChI=1S/C22H29N5O/c28-22(27-10-5-2-6-11-27)20-17-23-18-21(24-20)26-15-13-25(14-16-26)12-9-19-7-3-1-4-8-19/h1,3-4,7-8,17-18H,2,5-6,9-16H2. The van der Waals surface area contributed by atoms with E-state index in [4.69, 9.17) is 0 Å². The van der Waals surface area contributed by atoms with Crippen LogP contribution in [0, 0.1) is 0 Å². The number of carbonyl (C=O) groups excluding carboxylic acids is 1. The maximum atomic E-state index is 12.7. The number of nitrogens with zero attached hydrogens (tertiary/aromatic N) is 5. The van der Waals surface area contributed by atoms with Gasteiger partial charge in [-0.25, -0.2) is 4.98 Å². The lowest BCUT2D eigenvalue weighted by Crippen LogP contribution is -2.47. The second-order valence-corrected chi connectivity index (χ2v) is 7.68. The van der Waals surface area contributed by atoms with E-state index in [1.807, 2.05) is 4.90 Å².